The number of ether oxygens (including phenoxy) is 2. The lowest BCUT2D eigenvalue weighted by atomic mass is 10.1. The summed E-state index contributed by atoms with van der Waals surface area (Å²) < 4.78 is 10.3. The molecule has 1 aromatic rings. The van der Waals surface area contributed by atoms with Gasteiger partial charge in [-0.3, -0.25) is 0 Å². The van der Waals surface area contributed by atoms with Crippen molar-refractivity contribution in [1.29, 1.82) is 0 Å². The molecule has 0 bridgehead atoms. The third-order valence-electron chi connectivity index (χ3n) is 2.99. The van der Waals surface area contributed by atoms with Crippen LogP contribution in [0.2, 0.25) is 0 Å². The van der Waals surface area contributed by atoms with Crippen LogP contribution in [0.4, 0.5) is 5.95 Å². The Balaban J connectivity index is 1.87. The first-order valence-electron chi connectivity index (χ1n) is 6.14. The van der Waals surface area contributed by atoms with E-state index in [4.69, 9.17) is 14.6 Å². The fourth-order valence-corrected chi connectivity index (χ4v) is 2.01. The summed E-state index contributed by atoms with van der Waals surface area (Å²) in [5.74, 6) is 0.240. The van der Waals surface area contributed by atoms with Gasteiger partial charge >= 0.3 is 5.97 Å². The van der Waals surface area contributed by atoms with Gasteiger partial charge in [-0.1, -0.05) is 0 Å². The topological polar surface area (TPSA) is 84.8 Å². The zero-order valence-corrected chi connectivity index (χ0v) is 10.8. The number of aromatic nitrogens is 2. The van der Waals surface area contributed by atoms with Gasteiger partial charge in [0.15, 0.2) is 0 Å². The molecule has 1 N–H and O–H groups in total. The standard InChI is InChI=1S/C12H17N3O4/c1-18-10-2-5-13-12(14-10)15-6-3-9(4-7-15)19-8-11(16)17/h2,5,9H,3-4,6-8H2,1H3,(H,16,17). The summed E-state index contributed by atoms with van der Waals surface area (Å²) in [4.78, 5) is 21.0. The molecule has 1 fully saturated rings. The molecule has 1 saturated heterocycles. The van der Waals surface area contributed by atoms with Crippen molar-refractivity contribution in [3.05, 3.63) is 12.3 Å². The van der Waals surface area contributed by atoms with Crippen molar-refractivity contribution in [2.45, 2.75) is 18.9 Å². The molecule has 0 amide bonds. The maximum absolute atomic E-state index is 10.4. The highest BCUT2D eigenvalue weighted by molar-refractivity contribution is 5.68. The van der Waals surface area contributed by atoms with Crippen molar-refractivity contribution in [3.63, 3.8) is 0 Å². The van der Waals surface area contributed by atoms with E-state index >= 15 is 0 Å². The van der Waals surface area contributed by atoms with E-state index in [1.54, 1.807) is 19.4 Å². The van der Waals surface area contributed by atoms with E-state index in [9.17, 15) is 4.79 Å². The number of nitrogens with zero attached hydrogens (tertiary/aromatic N) is 3. The van der Waals surface area contributed by atoms with Crippen LogP contribution in [0, 0.1) is 0 Å². The maximum Gasteiger partial charge on any atom is 0.329 e. The molecule has 0 aromatic carbocycles. The molecule has 0 saturated carbocycles. The number of aliphatic carboxylic acids is 1. The zero-order chi connectivity index (χ0) is 13.7. The van der Waals surface area contributed by atoms with E-state index in [1.807, 2.05) is 4.90 Å². The average molecular weight is 267 g/mol. The molecule has 7 heteroatoms. The summed E-state index contributed by atoms with van der Waals surface area (Å²) >= 11 is 0. The summed E-state index contributed by atoms with van der Waals surface area (Å²) in [6.45, 7) is 1.26. The molecule has 0 radical (unpaired) electrons. The van der Waals surface area contributed by atoms with Gasteiger partial charge in [-0.05, 0) is 12.8 Å². The fraction of sp³-hybridized carbons (Fsp3) is 0.583. The van der Waals surface area contributed by atoms with Gasteiger partial charge in [-0.2, -0.15) is 4.98 Å². The minimum Gasteiger partial charge on any atom is -0.481 e. The monoisotopic (exact) mass is 267 g/mol. The first kappa shape index (κ1) is 13.5. The van der Waals surface area contributed by atoms with Gasteiger partial charge in [0.2, 0.25) is 11.8 Å². The molecule has 2 heterocycles. The lowest BCUT2D eigenvalue weighted by Gasteiger charge is -2.31. The molecule has 7 nitrogen and oxygen atoms in total. The number of hydrogen-bond acceptors (Lipinski definition) is 6. The van der Waals surface area contributed by atoms with Crippen LogP contribution in [0.5, 0.6) is 5.88 Å². The molecule has 1 aromatic heterocycles. The lowest BCUT2D eigenvalue weighted by Crippen LogP contribution is -2.38. The molecule has 0 aliphatic carbocycles. The molecule has 2 rings (SSSR count). The Bertz CT molecular complexity index is 433. The molecular formula is C12H17N3O4. The third kappa shape index (κ3) is 3.78. The van der Waals surface area contributed by atoms with E-state index in [0.29, 0.717) is 11.8 Å². The van der Waals surface area contributed by atoms with E-state index in [1.165, 1.54) is 0 Å². The fourth-order valence-electron chi connectivity index (χ4n) is 2.01. The minimum atomic E-state index is -0.932. The Morgan fingerprint density at radius 2 is 2.26 bits per heavy atom. The zero-order valence-electron chi connectivity index (χ0n) is 10.8. The van der Waals surface area contributed by atoms with Crippen LogP contribution >= 0.6 is 0 Å². The van der Waals surface area contributed by atoms with Crippen molar-refractivity contribution in [2.24, 2.45) is 0 Å². The van der Waals surface area contributed by atoms with Crippen LogP contribution < -0.4 is 9.64 Å². The molecule has 1 aliphatic rings. The summed E-state index contributed by atoms with van der Waals surface area (Å²) in [6, 6.07) is 1.70. The van der Waals surface area contributed by atoms with Crippen molar-refractivity contribution in [1.82, 2.24) is 9.97 Å². The lowest BCUT2D eigenvalue weighted by molar-refractivity contribution is -0.144. The predicted molar refractivity (Wildman–Crippen MR) is 67.4 cm³/mol. The van der Waals surface area contributed by atoms with Crippen LogP contribution in [-0.4, -0.2) is 54.0 Å². The Morgan fingerprint density at radius 3 is 2.89 bits per heavy atom. The van der Waals surface area contributed by atoms with Gasteiger partial charge in [0.1, 0.15) is 6.61 Å². The third-order valence-corrected chi connectivity index (χ3v) is 2.99. The highest BCUT2D eigenvalue weighted by Gasteiger charge is 2.22. The Morgan fingerprint density at radius 1 is 1.53 bits per heavy atom. The second-order valence-corrected chi connectivity index (χ2v) is 4.29. The highest BCUT2D eigenvalue weighted by atomic mass is 16.5. The summed E-state index contributed by atoms with van der Waals surface area (Å²) in [7, 11) is 1.57. The van der Waals surface area contributed by atoms with Crippen LogP contribution in [0.15, 0.2) is 12.3 Å². The first-order valence-corrected chi connectivity index (χ1v) is 6.14. The molecule has 0 atom stereocenters. The Labute approximate surface area is 111 Å². The minimum absolute atomic E-state index is 0.00189. The number of rotatable bonds is 5. The second-order valence-electron chi connectivity index (χ2n) is 4.29. The number of methoxy groups -OCH3 is 1. The van der Waals surface area contributed by atoms with Crippen molar-refractivity contribution >= 4 is 11.9 Å². The number of carboxylic acid groups (broad SMARTS) is 1. The number of hydrogen-bond donors (Lipinski definition) is 1. The SMILES string of the molecule is COc1ccnc(N2CCC(OCC(=O)O)CC2)n1. The van der Waals surface area contributed by atoms with E-state index < -0.39 is 5.97 Å². The van der Waals surface area contributed by atoms with Gasteiger partial charge in [0.25, 0.3) is 0 Å². The molecule has 19 heavy (non-hydrogen) atoms. The summed E-state index contributed by atoms with van der Waals surface area (Å²) in [5.41, 5.74) is 0. The second kappa shape index (κ2) is 6.33. The van der Waals surface area contributed by atoms with Crippen LogP contribution in [0.25, 0.3) is 0 Å². The molecule has 104 valence electrons. The highest BCUT2D eigenvalue weighted by Crippen LogP contribution is 2.19. The largest absolute Gasteiger partial charge is 0.481 e. The van der Waals surface area contributed by atoms with Crippen molar-refractivity contribution in [3.8, 4) is 5.88 Å². The van der Waals surface area contributed by atoms with Gasteiger partial charge in [0, 0.05) is 25.4 Å². The van der Waals surface area contributed by atoms with Gasteiger partial charge < -0.3 is 19.5 Å². The number of carboxylic acids is 1. The average Bonchev–Trinajstić information content (AvgIpc) is 2.45. The molecule has 0 unspecified atom stereocenters. The molecular weight excluding hydrogens is 250 g/mol. The van der Waals surface area contributed by atoms with Crippen LogP contribution in [0.3, 0.4) is 0 Å². The number of carbonyl (C=O) groups is 1. The van der Waals surface area contributed by atoms with E-state index in [0.717, 1.165) is 25.9 Å². The smallest absolute Gasteiger partial charge is 0.329 e. The molecule has 1 aliphatic heterocycles. The Hall–Kier alpha value is -1.89. The van der Waals surface area contributed by atoms with E-state index in [-0.39, 0.29) is 12.7 Å². The van der Waals surface area contributed by atoms with E-state index in [2.05, 4.69) is 9.97 Å². The van der Waals surface area contributed by atoms with Crippen molar-refractivity contribution < 1.29 is 19.4 Å². The van der Waals surface area contributed by atoms with Crippen molar-refractivity contribution in [2.75, 3.05) is 31.7 Å². The Kier molecular flexibility index (Phi) is 4.51. The quantitative estimate of drug-likeness (QED) is 0.834. The predicted octanol–water partition coefficient (Wildman–Crippen LogP) is 0.555. The summed E-state index contributed by atoms with van der Waals surface area (Å²) in [5, 5.41) is 8.56. The maximum atomic E-state index is 10.4. The normalized spacial score (nSPS) is 16.4. The first-order chi connectivity index (χ1) is 9.19. The molecule has 0 spiro atoms. The van der Waals surface area contributed by atoms with Gasteiger partial charge in [0.05, 0.1) is 13.2 Å². The van der Waals surface area contributed by atoms with Gasteiger partial charge in [-0.25, -0.2) is 9.78 Å². The van der Waals surface area contributed by atoms with Gasteiger partial charge in [-0.15, -0.1) is 0 Å². The summed E-state index contributed by atoms with van der Waals surface area (Å²) in [6.07, 6.45) is 3.20. The van der Waals surface area contributed by atoms with Crippen LogP contribution in [0.1, 0.15) is 12.8 Å². The number of anilines is 1. The number of piperidine rings is 1. The van der Waals surface area contributed by atoms with Crippen LogP contribution in [-0.2, 0) is 9.53 Å².